The van der Waals surface area contributed by atoms with Crippen molar-refractivity contribution in [3.05, 3.63) is 38.2 Å². The first-order valence-electron chi connectivity index (χ1n) is 8.46. The van der Waals surface area contributed by atoms with E-state index >= 15 is 0 Å². The highest BCUT2D eigenvalue weighted by Crippen LogP contribution is 2.42. The third-order valence-electron chi connectivity index (χ3n) is 4.92. The lowest BCUT2D eigenvalue weighted by molar-refractivity contribution is -0.895. The van der Waals surface area contributed by atoms with E-state index < -0.39 is 0 Å². The fourth-order valence-electron chi connectivity index (χ4n) is 3.60. The molecule has 2 aliphatic rings. The molecule has 4 rings (SSSR count). The molecule has 1 aromatic carbocycles. The molecule has 0 aliphatic carbocycles. The lowest BCUT2D eigenvalue weighted by Crippen LogP contribution is -3.08. The number of carbonyl (C=O) groups excluding carboxylic acids is 1. The number of nitrogens with one attached hydrogen (secondary N) is 3. The molecule has 2 aromatic rings. The van der Waals surface area contributed by atoms with Gasteiger partial charge < -0.3 is 25.0 Å². The summed E-state index contributed by atoms with van der Waals surface area (Å²) in [5.74, 6) is 1.25. The maximum absolute atomic E-state index is 12.8. The summed E-state index contributed by atoms with van der Waals surface area (Å²) < 4.78 is 11.6. The van der Waals surface area contributed by atoms with Crippen LogP contribution >= 0.6 is 27.3 Å². The van der Waals surface area contributed by atoms with Crippen molar-refractivity contribution >= 4 is 38.2 Å². The molecular weight excluding hydrogens is 418 g/mol. The first-order chi connectivity index (χ1) is 12.5. The molecule has 6 nitrogen and oxygen atoms in total. The smallest absolute Gasteiger partial charge is 0.256 e. The molecule has 138 valence electrons. The zero-order valence-electron chi connectivity index (χ0n) is 14.9. The van der Waals surface area contributed by atoms with E-state index in [0.29, 0.717) is 11.5 Å². The highest BCUT2D eigenvalue weighted by molar-refractivity contribution is 9.10. The maximum atomic E-state index is 12.8. The van der Waals surface area contributed by atoms with Gasteiger partial charge in [0.15, 0.2) is 11.5 Å². The Morgan fingerprint density at radius 3 is 2.81 bits per heavy atom. The zero-order valence-corrected chi connectivity index (χ0v) is 17.3. The van der Waals surface area contributed by atoms with Gasteiger partial charge in [-0.15, -0.1) is 11.3 Å². The Morgan fingerprint density at radius 1 is 1.27 bits per heavy atom. The molecule has 2 atom stereocenters. The van der Waals surface area contributed by atoms with Gasteiger partial charge in [-0.25, -0.2) is 0 Å². The molecule has 0 spiro atoms. The van der Waals surface area contributed by atoms with Gasteiger partial charge in [0.05, 0.1) is 42.7 Å². The van der Waals surface area contributed by atoms with Crippen molar-refractivity contribution in [3.63, 3.8) is 0 Å². The summed E-state index contributed by atoms with van der Waals surface area (Å²) in [6.07, 6.45) is 0.644. The Labute approximate surface area is 164 Å². The second-order valence-corrected chi connectivity index (χ2v) is 8.59. The van der Waals surface area contributed by atoms with E-state index in [-0.39, 0.29) is 12.1 Å². The van der Waals surface area contributed by atoms with Gasteiger partial charge in [0.2, 0.25) is 0 Å². The summed E-state index contributed by atoms with van der Waals surface area (Å²) in [6, 6.07) is 3.83. The van der Waals surface area contributed by atoms with Gasteiger partial charge in [0.1, 0.15) is 17.7 Å². The number of ether oxygens (including phenoxy) is 2. The predicted octanol–water partition coefficient (Wildman–Crippen LogP) is 1.95. The molecule has 1 amide bonds. The first-order valence-corrected chi connectivity index (χ1v) is 10.1. The van der Waals surface area contributed by atoms with E-state index in [2.05, 4.69) is 33.6 Å². The van der Waals surface area contributed by atoms with E-state index in [1.807, 2.05) is 12.1 Å². The molecule has 0 bridgehead atoms. The van der Waals surface area contributed by atoms with Crippen LogP contribution in [-0.4, -0.2) is 33.7 Å². The number of hydrogen-bond acceptors (Lipinski definition) is 5. The number of thiophene rings is 1. The normalized spacial score (nSPS) is 21.3. The molecular formula is C18H21BrN3O3S+. The molecule has 3 heterocycles. The highest BCUT2D eigenvalue weighted by atomic mass is 79.9. The molecule has 0 radical (unpaired) electrons. The van der Waals surface area contributed by atoms with Gasteiger partial charge in [-0.1, -0.05) is 0 Å². The molecule has 2 aliphatic heterocycles. The number of fused-ring (bicyclic) bond motifs is 3. The summed E-state index contributed by atoms with van der Waals surface area (Å²) in [7, 11) is 5.40. The molecule has 1 unspecified atom stereocenters. The molecule has 1 aromatic heterocycles. The average Bonchev–Trinajstić information content (AvgIpc) is 2.98. The number of anilines is 1. The van der Waals surface area contributed by atoms with Crippen molar-refractivity contribution in [2.24, 2.45) is 0 Å². The summed E-state index contributed by atoms with van der Waals surface area (Å²) in [4.78, 5) is 15.6. The van der Waals surface area contributed by atoms with E-state index in [9.17, 15) is 4.79 Å². The molecule has 0 fully saturated rings. The van der Waals surface area contributed by atoms with Crippen molar-refractivity contribution in [2.75, 3.05) is 33.1 Å². The minimum absolute atomic E-state index is 0.00768. The predicted molar refractivity (Wildman–Crippen MR) is 105 cm³/mol. The number of amides is 1. The minimum atomic E-state index is -0.309. The summed E-state index contributed by atoms with van der Waals surface area (Å²) in [6.45, 7) is 2.05. The Morgan fingerprint density at radius 2 is 2.08 bits per heavy atom. The van der Waals surface area contributed by atoms with Crippen LogP contribution in [0.4, 0.5) is 5.00 Å². The second-order valence-electron chi connectivity index (χ2n) is 6.63. The van der Waals surface area contributed by atoms with Crippen molar-refractivity contribution in [1.82, 2.24) is 5.32 Å². The van der Waals surface area contributed by atoms with Gasteiger partial charge in [-0.05, 0) is 39.2 Å². The Kier molecular flexibility index (Phi) is 4.58. The van der Waals surface area contributed by atoms with Crippen LogP contribution < -0.4 is 25.0 Å². The van der Waals surface area contributed by atoms with Gasteiger partial charge >= 0.3 is 0 Å². The minimum Gasteiger partial charge on any atom is -0.493 e. The standard InChI is InChI=1S/C18H20BrN3O3S/c1-22-5-4-10-13(8-22)26-18-14(10)17(23)20-16(21-18)9-6-11(19)15(25-3)12(7-9)24-2/h6-7,16,21H,4-5,8H2,1-3H3,(H,20,23)/p+1/t16-/m1/s1. The third kappa shape index (κ3) is 2.86. The van der Waals surface area contributed by atoms with Crippen LogP contribution in [0.15, 0.2) is 16.6 Å². The fraction of sp³-hybridized carbons (Fsp3) is 0.389. The average molecular weight is 439 g/mol. The maximum Gasteiger partial charge on any atom is 0.256 e. The van der Waals surface area contributed by atoms with E-state index in [1.165, 1.54) is 15.3 Å². The van der Waals surface area contributed by atoms with Crippen LogP contribution in [0.25, 0.3) is 0 Å². The van der Waals surface area contributed by atoms with Gasteiger partial charge in [-0.3, -0.25) is 4.79 Å². The zero-order chi connectivity index (χ0) is 18.4. The number of likely N-dealkylation sites (N-methyl/N-ethyl adjacent to an activating group) is 1. The van der Waals surface area contributed by atoms with Gasteiger partial charge in [-0.2, -0.15) is 0 Å². The number of halogens is 1. The number of benzene rings is 1. The van der Waals surface area contributed by atoms with Crippen LogP contribution in [0.1, 0.15) is 32.5 Å². The largest absolute Gasteiger partial charge is 0.493 e. The van der Waals surface area contributed by atoms with Gasteiger partial charge in [0.25, 0.3) is 5.91 Å². The van der Waals surface area contributed by atoms with E-state index in [0.717, 1.165) is 40.1 Å². The molecule has 3 N–H and O–H groups in total. The Hall–Kier alpha value is -1.77. The van der Waals surface area contributed by atoms with Crippen molar-refractivity contribution in [2.45, 2.75) is 19.1 Å². The van der Waals surface area contributed by atoms with Crippen molar-refractivity contribution in [3.8, 4) is 11.5 Å². The lowest BCUT2D eigenvalue weighted by Gasteiger charge is -2.27. The van der Waals surface area contributed by atoms with E-state index in [4.69, 9.17) is 9.47 Å². The van der Waals surface area contributed by atoms with Crippen molar-refractivity contribution < 1.29 is 19.2 Å². The Bertz CT molecular complexity index is 883. The number of quaternary nitrogens is 1. The summed E-state index contributed by atoms with van der Waals surface area (Å²) >= 11 is 5.22. The van der Waals surface area contributed by atoms with Crippen LogP contribution in [0.5, 0.6) is 11.5 Å². The van der Waals surface area contributed by atoms with Crippen molar-refractivity contribution in [1.29, 1.82) is 0 Å². The number of rotatable bonds is 3. The lowest BCUT2D eigenvalue weighted by atomic mass is 10.0. The molecule has 8 heteroatoms. The third-order valence-corrected chi connectivity index (χ3v) is 6.67. The molecule has 26 heavy (non-hydrogen) atoms. The summed E-state index contributed by atoms with van der Waals surface area (Å²) in [5.41, 5.74) is 2.95. The molecule has 0 saturated heterocycles. The van der Waals surface area contributed by atoms with Crippen LogP contribution in [-0.2, 0) is 13.0 Å². The fourth-order valence-corrected chi connectivity index (χ4v) is 5.61. The van der Waals surface area contributed by atoms with E-state index in [1.54, 1.807) is 25.6 Å². The second kappa shape index (κ2) is 6.75. The summed E-state index contributed by atoms with van der Waals surface area (Å²) in [5, 5.41) is 7.54. The van der Waals surface area contributed by atoms with Gasteiger partial charge in [0, 0.05) is 6.42 Å². The monoisotopic (exact) mass is 438 g/mol. The van der Waals surface area contributed by atoms with Crippen LogP contribution in [0.2, 0.25) is 0 Å². The van der Waals surface area contributed by atoms with Crippen LogP contribution in [0.3, 0.4) is 0 Å². The first kappa shape index (κ1) is 17.6. The Balaban J connectivity index is 1.70. The number of carbonyl (C=O) groups is 1. The highest BCUT2D eigenvalue weighted by Gasteiger charge is 2.34. The molecule has 0 saturated carbocycles. The number of hydrogen-bond donors (Lipinski definition) is 3. The number of methoxy groups -OCH3 is 2. The SMILES string of the molecule is COc1cc([C@@H]2NC(=O)c3c(sc4c3CC[NH+](C)C4)N2)cc(Br)c1OC. The quantitative estimate of drug-likeness (QED) is 0.685. The topological polar surface area (TPSA) is 64.0 Å². The van der Waals surface area contributed by atoms with Crippen LogP contribution in [0, 0.1) is 0 Å².